The number of pyridine rings is 1. The minimum Gasteiger partial charge on any atom is -0.308 e. The van der Waals surface area contributed by atoms with Gasteiger partial charge in [-0.1, -0.05) is 30.3 Å². The van der Waals surface area contributed by atoms with Crippen molar-refractivity contribution in [1.82, 2.24) is 4.57 Å². The molecule has 0 fully saturated rings. The van der Waals surface area contributed by atoms with E-state index >= 15 is 0 Å². The zero-order valence-electron chi connectivity index (χ0n) is 11.6. The van der Waals surface area contributed by atoms with Gasteiger partial charge in [-0.05, 0) is 18.2 Å². The van der Waals surface area contributed by atoms with Crippen LogP contribution in [0.3, 0.4) is 0 Å². The summed E-state index contributed by atoms with van der Waals surface area (Å²) in [5, 5.41) is 11.0. The van der Waals surface area contributed by atoms with Crippen LogP contribution in [-0.2, 0) is 6.54 Å². The molecule has 0 aliphatic rings. The first-order valence-corrected chi connectivity index (χ1v) is 7.17. The van der Waals surface area contributed by atoms with Crippen LogP contribution in [0, 0.1) is 17.0 Å². The molecule has 6 heteroatoms. The van der Waals surface area contributed by atoms with Gasteiger partial charge in [0.25, 0.3) is 11.2 Å². The Morgan fingerprint density at radius 3 is 2.57 bits per heavy atom. The second kappa shape index (κ2) is 6.58. The SMILES string of the molecule is Cc1cc(=O)n(CC(CS)c2ccccc2)cc1[N+](=O)[O-]. The second-order valence-electron chi connectivity index (χ2n) is 4.88. The molecule has 2 aromatic rings. The number of nitro groups is 1. The third kappa shape index (κ3) is 3.52. The van der Waals surface area contributed by atoms with Crippen molar-refractivity contribution in [1.29, 1.82) is 0 Å². The van der Waals surface area contributed by atoms with Crippen molar-refractivity contribution in [3.63, 3.8) is 0 Å². The van der Waals surface area contributed by atoms with Gasteiger partial charge in [-0.15, -0.1) is 0 Å². The Bertz CT molecular complexity index is 698. The summed E-state index contributed by atoms with van der Waals surface area (Å²) in [6.45, 7) is 1.94. The van der Waals surface area contributed by atoms with Crippen molar-refractivity contribution in [3.05, 3.63) is 74.2 Å². The molecule has 1 unspecified atom stereocenters. The Hall–Kier alpha value is -2.08. The van der Waals surface area contributed by atoms with Crippen molar-refractivity contribution in [3.8, 4) is 0 Å². The zero-order chi connectivity index (χ0) is 15.4. The van der Waals surface area contributed by atoms with Gasteiger partial charge in [0, 0.05) is 24.1 Å². The van der Waals surface area contributed by atoms with E-state index in [9.17, 15) is 14.9 Å². The van der Waals surface area contributed by atoms with Crippen LogP contribution in [0.15, 0.2) is 47.4 Å². The lowest BCUT2D eigenvalue weighted by molar-refractivity contribution is -0.385. The van der Waals surface area contributed by atoms with Crippen LogP contribution in [-0.4, -0.2) is 15.2 Å². The molecule has 0 bridgehead atoms. The molecule has 0 aliphatic heterocycles. The van der Waals surface area contributed by atoms with Gasteiger partial charge in [0.2, 0.25) is 0 Å². The van der Waals surface area contributed by atoms with Crippen LogP contribution >= 0.6 is 12.6 Å². The number of aryl methyl sites for hydroxylation is 1. The molecular weight excluding hydrogens is 288 g/mol. The first-order valence-electron chi connectivity index (χ1n) is 6.54. The molecule has 0 amide bonds. The molecule has 2 rings (SSSR count). The van der Waals surface area contributed by atoms with Crippen LogP contribution in [0.1, 0.15) is 17.0 Å². The van der Waals surface area contributed by atoms with Crippen molar-refractivity contribution in [2.75, 3.05) is 5.75 Å². The Morgan fingerprint density at radius 2 is 2.00 bits per heavy atom. The number of hydrogen-bond acceptors (Lipinski definition) is 4. The van der Waals surface area contributed by atoms with Crippen LogP contribution in [0.2, 0.25) is 0 Å². The fourth-order valence-corrected chi connectivity index (χ4v) is 2.55. The first kappa shape index (κ1) is 15.3. The Balaban J connectivity index is 2.36. The van der Waals surface area contributed by atoms with Gasteiger partial charge in [0.05, 0.1) is 11.1 Å². The summed E-state index contributed by atoms with van der Waals surface area (Å²) in [5.74, 6) is 0.576. The average Bonchev–Trinajstić information content (AvgIpc) is 2.47. The van der Waals surface area contributed by atoms with E-state index in [1.165, 1.54) is 16.8 Å². The maximum Gasteiger partial charge on any atom is 0.288 e. The van der Waals surface area contributed by atoms with Crippen molar-refractivity contribution in [2.24, 2.45) is 0 Å². The van der Waals surface area contributed by atoms with Crippen LogP contribution in [0.5, 0.6) is 0 Å². The fraction of sp³-hybridized carbons (Fsp3) is 0.267. The second-order valence-corrected chi connectivity index (χ2v) is 5.24. The van der Waals surface area contributed by atoms with E-state index < -0.39 is 4.92 Å². The van der Waals surface area contributed by atoms with E-state index in [1.54, 1.807) is 6.92 Å². The summed E-state index contributed by atoms with van der Waals surface area (Å²) in [6.07, 6.45) is 1.32. The number of nitrogens with zero attached hydrogens (tertiary/aromatic N) is 2. The van der Waals surface area contributed by atoms with Gasteiger partial charge in [-0.25, -0.2) is 0 Å². The molecule has 0 spiro atoms. The van der Waals surface area contributed by atoms with Crippen molar-refractivity contribution < 1.29 is 4.92 Å². The predicted molar refractivity (Wildman–Crippen MR) is 85.1 cm³/mol. The van der Waals surface area contributed by atoms with Gasteiger partial charge in [0.15, 0.2) is 0 Å². The molecule has 0 radical (unpaired) electrons. The zero-order valence-corrected chi connectivity index (χ0v) is 12.5. The standard InChI is InChI=1S/C15H16N2O3S/c1-11-7-15(18)16(9-14(11)17(19)20)8-13(10-21)12-5-3-2-4-6-12/h2-7,9,13,21H,8,10H2,1H3. The minimum absolute atomic E-state index is 0.0227. The number of thiol groups is 1. The Kier molecular flexibility index (Phi) is 4.80. The molecule has 0 N–H and O–H groups in total. The van der Waals surface area contributed by atoms with E-state index in [0.717, 1.165) is 5.56 Å². The lowest BCUT2D eigenvalue weighted by Gasteiger charge is -2.16. The highest BCUT2D eigenvalue weighted by Gasteiger charge is 2.16. The van der Waals surface area contributed by atoms with Crippen LogP contribution in [0.4, 0.5) is 5.69 Å². The highest BCUT2D eigenvalue weighted by atomic mass is 32.1. The molecule has 1 aromatic carbocycles. The topological polar surface area (TPSA) is 65.1 Å². The lowest BCUT2D eigenvalue weighted by atomic mass is 10.0. The first-order chi connectivity index (χ1) is 10.0. The average molecular weight is 304 g/mol. The summed E-state index contributed by atoms with van der Waals surface area (Å²) in [5.41, 5.74) is 1.16. The van der Waals surface area contributed by atoms with Crippen molar-refractivity contribution >= 4 is 18.3 Å². The van der Waals surface area contributed by atoms with Gasteiger partial charge in [-0.3, -0.25) is 14.9 Å². The molecule has 1 aromatic heterocycles. The Labute approximate surface area is 127 Å². The van der Waals surface area contributed by atoms with E-state index in [4.69, 9.17) is 0 Å². The van der Waals surface area contributed by atoms with E-state index in [-0.39, 0.29) is 17.2 Å². The molecular formula is C15H16N2O3S. The smallest absolute Gasteiger partial charge is 0.288 e. The fourth-order valence-electron chi connectivity index (χ4n) is 2.22. The molecule has 21 heavy (non-hydrogen) atoms. The highest BCUT2D eigenvalue weighted by Crippen LogP contribution is 2.20. The lowest BCUT2D eigenvalue weighted by Crippen LogP contribution is -2.24. The maximum atomic E-state index is 12.0. The third-order valence-corrected chi connectivity index (χ3v) is 3.85. The largest absolute Gasteiger partial charge is 0.308 e. The maximum absolute atomic E-state index is 12.0. The van der Waals surface area contributed by atoms with E-state index in [1.807, 2.05) is 30.3 Å². The molecule has 0 saturated carbocycles. The highest BCUT2D eigenvalue weighted by molar-refractivity contribution is 7.80. The molecule has 1 heterocycles. The Morgan fingerprint density at radius 1 is 1.33 bits per heavy atom. The summed E-state index contributed by atoms with van der Waals surface area (Å²) in [7, 11) is 0. The third-order valence-electron chi connectivity index (χ3n) is 3.41. The summed E-state index contributed by atoms with van der Waals surface area (Å²) < 4.78 is 1.39. The van der Waals surface area contributed by atoms with Gasteiger partial charge < -0.3 is 4.57 Å². The van der Waals surface area contributed by atoms with E-state index in [0.29, 0.717) is 17.9 Å². The molecule has 1 atom stereocenters. The number of aromatic nitrogens is 1. The molecule has 5 nitrogen and oxygen atoms in total. The summed E-state index contributed by atoms with van der Waals surface area (Å²) in [4.78, 5) is 22.5. The predicted octanol–water partition coefficient (Wildman–Crippen LogP) is 2.78. The minimum atomic E-state index is -0.469. The van der Waals surface area contributed by atoms with Gasteiger partial charge >= 0.3 is 0 Å². The molecule has 0 aliphatic carbocycles. The van der Waals surface area contributed by atoms with Gasteiger partial charge in [0.1, 0.15) is 0 Å². The summed E-state index contributed by atoms with van der Waals surface area (Å²) >= 11 is 4.33. The number of hydrogen-bond donors (Lipinski definition) is 1. The normalized spacial score (nSPS) is 12.1. The monoisotopic (exact) mass is 304 g/mol. The van der Waals surface area contributed by atoms with Crippen LogP contribution in [0.25, 0.3) is 0 Å². The molecule has 0 saturated heterocycles. The number of rotatable bonds is 5. The van der Waals surface area contributed by atoms with Crippen LogP contribution < -0.4 is 5.56 Å². The van der Waals surface area contributed by atoms with Gasteiger partial charge in [-0.2, -0.15) is 12.6 Å². The molecule has 110 valence electrons. The number of benzene rings is 1. The quantitative estimate of drug-likeness (QED) is 0.525. The van der Waals surface area contributed by atoms with Crippen molar-refractivity contribution in [2.45, 2.75) is 19.4 Å². The summed E-state index contributed by atoms with van der Waals surface area (Å²) in [6, 6.07) is 11.0. The van der Waals surface area contributed by atoms with E-state index in [2.05, 4.69) is 12.6 Å².